The molecule has 0 spiro atoms. The lowest BCUT2D eigenvalue weighted by Crippen LogP contribution is -2.40. The lowest BCUT2D eigenvalue weighted by molar-refractivity contribution is 0.201. The van der Waals surface area contributed by atoms with E-state index in [4.69, 9.17) is 23.2 Å². The van der Waals surface area contributed by atoms with E-state index in [1.807, 2.05) is 12.1 Å². The lowest BCUT2D eigenvalue weighted by Gasteiger charge is -2.34. The quantitative estimate of drug-likeness (QED) is 0.829. The van der Waals surface area contributed by atoms with Gasteiger partial charge < -0.3 is 5.32 Å². The van der Waals surface area contributed by atoms with Gasteiger partial charge >= 0.3 is 0 Å². The molecule has 1 N–H and O–H groups in total. The lowest BCUT2D eigenvalue weighted by atomic mass is 9.76. The minimum absolute atomic E-state index is 0.434. The van der Waals surface area contributed by atoms with Crippen LogP contribution in [-0.2, 0) is 6.42 Å². The summed E-state index contributed by atoms with van der Waals surface area (Å²) >= 11 is 12.1. The Bertz CT molecular complexity index is 442. The molecule has 1 aliphatic rings. The summed E-state index contributed by atoms with van der Waals surface area (Å²) in [5.74, 6) is 0.729. The van der Waals surface area contributed by atoms with Gasteiger partial charge in [-0.25, -0.2) is 0 Å². The van der Waals surface area contributed by atoms with E-state index in [-0.39, 0.29) is 0 Å². The third-order valence-electron chi connectivity index (χ3n) is 4.64. The first-order valence-electron chi connectivity index (χ1n) is 7.05. The molecule has 0 aliphatic heterocycles. The van der Waals surface area contributed by atoms with Gasteiger partial charge in [0.2, 0.25) is 0 Å². The molecule has 0 aromatic heterocycles. The van der Waals surface area contributed by atoms with Crippen LogP contribution in [0.15, 0.2) is 18.2 Å². The van der Waals surface area contributed by atoms with E-state index in [9.17, 15) is 0 Å². The predicted molar refractivity (Wildman–Crippen MR) is 84.1 cm³/mol. The first kappa shape index (κ1) is 15.2. The fourth-order valence-corrected chi connectivity index (χ4v) is 3.79. The second-order valence-corrected chi connectivity index (χ2v) is 7.15. The van der Waals surface area contributed by atoms with Crippen LogP contribution in [0.25, 0.3) is 0 Å². The molecular weight excluding hydrogens is 277 g/mol. The SMILES string of the molecule is CNC(Cc1ccc(Cl)c(Cl)c1)C1CCCC1(C)C. The van der Waals surface area contributed by atoms with Crippen LogP contribution in [0.3, 0.4) is 0 Å². The average molecular weight is 300 g/mol. The van der Waals surface area contributed by atoms with Gasteiger partial charge in [0.1, 0.15) is 0 Å². The fourth-order valence-electron chi connectivity index (χ4n) is 3.47. The van der Waals surface area contributed by atoms with Crippen molar-refractivity contribution in [1.82, 2.24) is 5.32 Å². The Hall–Kier alpha value is -0.240. The molecule has 19 heavy (non-hydrogen) atoms. The predicted octanol–water partition coefficient (Wildman–Crippen LogP) is 4.95. The zero-order valence-electron chi connectivity index (χ0n) is 12.0. The Morgan fingerprint density at radius 3 is 2.58 bits per heavy atom. The summed E-state index contributed by atoms with van der Waals surface area (Å²) in [6.07, 6.45) is 5.01. The van der Waals surface area contributed by atoms with Crippen molar-refractivity contribution < 1.29 is 0 Å². The topological polar surface area (TPSA) is 12.0 Å². The van der Waals surface area contributed by atoms with Crippen LogP contribution in [0, 0.1) is 11.3 Å². The number of hydrogen-bond acceptors (Lipinski definition) is 1. The van der Waals surface area contributed by atoms with Gasteiger partial charge in [-0.1, -0.05) is 49.5 Å². The number of halogens is 2. The Balaban J connectivity index is 2.12. The van der Waals surface area contributed by atoms with E-state index in [1.54, 1.807) is 0 Å². The number of hydrogen-bond donors (Lipinski definition) is 1. The molecule has 0 bridgehead atoms. The van der Waals surface area contributed by atoms with Gasteiger partial charge in [0.05, 0.1) is 10.0 Å². The minimum atomic E-state index is 0.434. The minimum Gasteiger partial charge on any atom is -0.316 e. The third-order valence-corrected chi connectivity index (χ3v) is 5.38. The third kappa shape index (κ3) is 3.45. The van der Waals surface area contributed by atoms with Crippen molar-refractivity contribution in [2.24, 2.45) is 11.3 Å². The fraction of sp³-hybridized carbons (Fsp3) is 0.625. The molecule has 106 valence electrons. The zero-order valence-corrected chi connectivity index (χ0v) is 13.5. The normalized spacial score (nSPS) is 23.5. The molecule has 0 amide bonds. The highest BCUT2D eigenvalue weighted by Crippen LogP contribution is 2.45. The highest BCUT2D eigenvalue weighted by molar-refractivity contribution is 6.42. The first-order chi connectivity index (χ1) is 8.94. The van der Waals surface area contributed by atoms with Crippen molar-refractivity contribution in [2.45, 2.75) is 45.6 Å². The molecule has 3 heteroatoms. The summed E-state index contributed by atoms with van der Waals surface area (Å²) < 4.78 is 0. The molecule has 0 radical (unpaired) electrons. The summed E-state index contributed by atoms with van der Waals surface area (Å²) in [4.78, 5) is 0. The van der Waals surface area contributed by atoms with E-state index in [1.165, 1.54) is 24.8 Å². The zero-order chi connectivity index (χ0) is 14.0. The largest absolute Gasteiger partial charge is 0.316 e. The van der Waals surface area contributed by atoms with Crippen molar-refractivity contribution in [2.75, 3.05) is 7.05 Å². The molecule has 0 heterocycles. The first-order valence-corrected chi connectivity index (χ1v) is 7.81. The van der Waals surface area contributed by atoms with Crippen LogP contribution >= 0.6 is 23.2 Å². The van der Waals surface area contributed by atoms with Gasteiger partial charge in [0, 0.05) is 6.04 Å². The molecule has 2 atom stereocenters. The molecular formula is C16H23Cl2N. The van der Waals surface area contributed by atoms with Gasteiger partial charge in [0.15, 0.2) is 0 Å². The van der Waals surface area contributed by atoms with Crippen LogP contribution in [0.4, 0.5) is 0 Å². The Morgan fingerprint density at radius 2 is 2.05 bits per heavy atom. The summed E-state index contributed by atoms with van der Waals surface area (Å²) in [6.45, 7) is 4.79. The molecule has 1 aromatic carbocycles. The summed E-state index contributed by atoms with van der Waals surface area (Å²) in [5.41, 5.74) is 1.70. The standard InChI is InChI=1S/C16H23Cl2N/c1-16(2)8-4-5-12(16)15(19-3)10-11-6-7-13(17)14(18)9-11/h6-7,9,12,15,19H,4-5,8,10H2,1-3H3. The molecule has 1 aromatic rings. The van der Waals surface area contributed by atoms with Gasteiger partial charge in [-0.05, 0) is 55.3 Å². The van der Waals surface area contributed by atoms with E-state index in [2.05, 4.69) is 32.3 Å². The van der Waals surface area contributed by atoms with E-state index >= 15 is 0 Å². The van der Waals surface area contributed by atoms with E-state index in [0.29, 0.717) is 21.5 Å². The maximum Gasteiger partial charge on any atom is 0.0595 e. The van der Waals surface area contributed by atoms with Gasteiger partial charge in [-0.3, -0.25) is 0 Å². The molecule has 1 fully saturated rings. The van der Waals surface area contributed by atoms with Crippen LogP contribution < -0.4 is 5.32 Å². The number of rotatable bonds is 4. The molecule has 2 unspecified atom stereocenters. The highest BCUT2D eigenvalue weighted by Gasteiger charge is 2.38. The Morgan fingerprint density at radius 1 is 1.32 bits per heavy atom. The molecule has 1 aliphatic carbocycles. The summed E-state index contributed by atoms with van der Waals surface area (Å²) in [7, 11) is 2.07. The van der Waals surface area contributed by atoms with Crippen LogP contribution in [0.1, 0.15) is 38.7 Å². The average Bonchev–Trinajstić information content (AvgIpc) is 2.70. The van der Waals surface area contributed by atoms with Gasteiger partial charge in [-0.15, -0.1) is 0 Å². The van der Waals surface area contributed by atoms with Gasteiger partial charge in [0.25, 0.3) is 0 Å². The van der Waals surface area contributed by atoms with Gasteiger partial charge in [-0.2, -0.15) is 0 Å². The monoisotopic (exact) mass is 299 g/mol. The van der Waals surface area contributed by atoms with Crippen LogP contribution in [-0.4, -0.2) is 13.1 Å². The maximum absolute atomic E-state index is 6.10. The van der Waals surface area contributed by atoms with Crippen molar-refractivity contribution in [3.63, 3.8) is 0 Å². The Labute approximate surface area is 126 Å². The van der Waals surface area contributed by atoms with Crippen molar-refractivity contribution in [3.8, 4) is 0 Å². The van der Waals surface area contributed by atoms with Crippen LogP contribution in [0.5, 0.6) is 0 Å². The second kappa shape index (κ2) is 6.03. The highest BCUT2D eigenvalue weighted by atomic mass is 35.5. The van der Waals surface area contributed by atoms with E-state index < -0.39 is 0 Å². The second-order valence-electron chi connectivity index (χ2n) is 6.34. The smallest absolute Gasteiger partial charge is 0.0595 e. The van der Waals surface area contributed by atoms with E-state index in [0.717, 1.165) is 12.3 Å². The molecule has 0 saturated heterocycles. The summed E-state index contributed by atoms with van der Waals surface area (Å²) in [6, 6.07) is 6.48. The van der Waals surface area contributed by atoms with Crippen molar-refractivity contribution in [3.05, 3.63) is 33.8 Å². The van der Waals surface area contributed by atoms with Crippen molar-refractivity contribution >= 4 is 23.2 Å². The maximum atomic E-state index is 6.10. The van der Waals surface area contributed by atoms with Crippen LogP contribution in [0.2, 0.25) is 10.0 Å². The number of benzene rings is 1. The number of likely N-dealkylation sites (N-methyl/N-ethyl adjacent to an activating group) is 1. The molecule has 1 nitrogen and oxygen atoms in total. The van der Waals surface area contributed by atoms with Crippen molar-refractivity contribution in [1.29, 1.82) is 0 Å². The Kier molecular flexibility index (Phi) is 4.81. The molecule has 2 rings (SSSR count). The number of nitrogens with one attached hydrogen (secondary N) is 1. The summed E-state index contributed by atoms with van der Waals surface area (Å²) in [5, 5.41) is 4.79. The molecule has 1 saturated carbocycles.